The average Bonchev–Trinajstić information content (AvgIpc) is 2.29. The third kappa shape index (κ3) is 3.38. The molecule has 4 heteroatoms. The third-order valence-corrected chi connectivity index (χ3v) is 2.53. The lowest BCUT2D eigenvalue weighted by atomic mass is 10.3. The minimum absolute atomic E-state index is 0.732. The number of hydrogen-bond donors (Lipinski definition) is 1. The van der Waals surface area contributed by atoms with Crippen molar-refractivity contribution in [2.75, 3.05) is 36.9 Å². The molecular formula is C12H21N3O. The SMILES string of the molecule is CCOCCN(CC)c1ccc(N)c(C)n1. The first-order valence-electron chi connectivity index (χ1n) is 5.74. The van der Waals surface area contributed by atoms with Crippen molar-refractivity contribution in [1.82, 2.24) is 4.98 Å². The Bertz CT molecular complexity index is 328. The van der Waals surface area contributed by atoms with Crippen LogP contribution in [-0.4, -0.2) is 31.3 Å². The summed E-state index contributed by atoms with van der Waals surface area (Å²) in [6, 6.07) is 3.86. The van der Waals surface area contributed by atoms with Crippen molar-refractivity contribution in [3.63, 3.8) is 0 Å². The Kier molecular flexibility index (Phi) is 5.05. The average molecular weight is 223 g/mol. The zero-order valence-electron chi connectivity index (χ0n) is 10.4. The van der Waals surface area contributed by atoms with Crippen molar-refractivity contribution in [3.8, 4) is 0 Å². The van der Waals surface area contributed by atoms with E-state index in [0.29, 0.717) is 0 Å². The molecule has 0 aliphatic heterocycles. The number of aryl methyl sites for hydroxylation is 1. The van der Waals surface area contributed by atoms with E-state index < -0.39 is 0 Å². The lowest BCUT2D eigenvalue weighted by Crippen LogP contribution is -2.28. The lowest BCUT2D eigenvalue weighted by molar-refractivity contribution is 0.154. The summed E-state index contributed by atoms with van der Waals surface area (Å²) in [6.07, 6.45) is 0. The van der Waals surface area contributed by atoms with E-state index in [0.717, 1.165) is 43.5 Å². The predicted octanol–water partition coefficient (Wildman–Crippen LogP) is 1.84. The Balaban J connectivity index is 2.67. The largest absolute Gasteiger partial charge is 0.397 e. The maximum Gasteiger partial charge on any atom is 0.129 e. The van der Waals surface area contributed by atoms with Crippen LogP contribution in [0.4, 0.5) is 11.5 Å². The number of rotatable bonds is 6. The van der Waals surface area contributed by atoms with Crippen LogP contribution in [0.5, 0.6) is 0 Å². The van der Waals surface area contributed by atoms with Crippen molar-refractivity contribution < 1.29 is 4.74 Å². The zero-order valence-corrected chi connectivity index (χ0v) is 10.4. The first kappa shape index (κ1) is 12.8. The van der Waals surface area contributed by atoms with E-state index in [1.165, 1.54) is 0 Å². The van der Waals surface area contributed by atoms with Crippen molar-refractivity contribution in [2.24, 2.45) is 0 Å². The van der Waals surface area contributed by atoms with Gasteiger partial charge in [-0.25, -0.2) is 4.98 Å². The molecular weight excluding hydrogens is 202 g/mol. The number of aromatic nitrogens is 1. The molecule has 0 aromatic carbocycles. The Morgan fingerprint density at radius 1 is 1.38 bits per heavy atom. The van der Waals surface area contributed by atoms with Crippen LogP contribution >= 0.6 is 0 Å². The van der Waals surface area contributed by atoms with Gasteiger partial charge in [0.15, 0.2) is 0 Å². The molecule has 0 unspecified atom stereocenters. The normalized spacial score (nSPS) is 10.4. The molecule has 0 aliphatic carbocycles. The smallest absolute Gasteiger partial charge is 0.129 e. The fraction of sp³-hybridized carbons (Fsp3) is 0.583. The van der Waals surface area contributed by atoms with E-state index in [-0.39, 0.29) is 0 Å². The second kappa shape index (κ2) is 6.33. The number of ether oxygens (including phenoxy) is 1. The molecule has 1 heterocycles. The van der Waals surface area contributed by atoms with Crippen molar-refractivity contribution >= 4 is 11.5 Å². The molecule has 1 rings (SSSR count). The molecule has 1 aromatic heterocycles. The standard InChI is InChI=1S/C12H21N3O/c1-4-15(8-9-16-5-2)12-7-6-11(13)10(3)14-12/h6-7H,4-5,8-9,13H2,1-3H3. The van der Waals surface area contributed by atoms with Gasteiger partial charge in [-0.2, -0.15) is 0 Å². The first-order valence-corrected chi connectivity index (χ1v) is 5.74. The van der Waals surface area contributed by atoms with Crippen LogP contribution in [0.25, 0.3) is 0 Å². The molecule has 1 aromatic rings. The molecule has 0 atom stereocenters. The highest BCUT2D eigenvalue weighted by Crippen LogP contribution is 2.15. The topological polar surface area (TPSA) is 51.4 Å². The molecule has 16 heavy (non-hydrogen) atoms. The van der Waals surface area contributed by atoms with E-state index in [2.05, 4.69) is 16.8 Å². The summed E-state index contributed by atoms with van der Waals surface area (Å²) >= 11 is 0. The van der Waals surface area contributed by atoms with E-state index in [1.807, 2.05) is 26.0 Å². The number of nitrogen functional groups attached to an aromatic ring is 1. The summed E-state index contributed by atoms with van der Waals surface area (Å²) in [5.74, 6) is 0.967. The molecule has 0 saturated heterocycles. The fourth-order valence-corrected chi connectivity index (χ4v) is 1.49. The Labute approximate surface area is 97.4 Å². The van der Waals surface area contributed by atoms with Crippen LogP contribution in [0.3, 0.4) is 0 Å². The van der Waals surface area contributed by atoms with Crippen molar-refractivity contribution in [1.29, 1.82) is 0 Å². The molecule has 0 fully saturated rings. The van der Waals surface area contributed by atoms with E-state index in [9.17, 15) is 0 Å². The monoisotopic (exact) mass is 223 g/mol. The highest BCUT2D eigenvalue weighted by molar-refractivity contribution is 5.50. The van der Waals surface area contributed by atoms with Gasteiger partial charge in [-0.1, -0.05) is 0 Å². The zero-order chi connectivity index (χ0) is 12.0. The van der Waals surface area contributed by atoms with Crippen LogP contribution < -0.4 is 10.6 Å². The van der Waals surface area contributed by atoms with Gasteiger partial charge in [0.05, 0.1) is 18.0 Å². The minimum atomic E-state index is 0.732. The van der Waals surface area contributed by atoms with Gasteiger partial charge in [-0.05, 0) is 32.9 Å². The van der Waals surface area contributed by atoms with Gasteiger partial charge in [0, 0.05) is 19.7 Å². The second-order valence-electron chi connectivity index (χ2n) is 3.62. The van der Waals surface area contributed by atoms with Crippen LogP contribution in [-0.2, 0) is 4.74 Å². The summed E-state index contributed by atoms with van der Waals surface area (Å²) in [4.78, 5) is 6.65. The molecule has 4 nitrogen and oxygen atoms in total. The minimum Gasteiger partial charge on any atom is -0.397 e. The van der Waals surface area contributed by atoms with Crippen molar-refractivity contribution in [2.45, 2.75) is 20.8 Å². The Hall–Kier alpha value is -1.29. The van der Waals surface area contributed by atoms with Crippen molar-refractivity contribution in [3.05, 3.63) is 17.8 Å². The van der Waals surface area contributed by atoms with Crippen LogP contribution in [0, 0.1) is 6.92 Å². The number of pyridine rings is 1. The summed E-state index contributed by atoms with van der Waals surface area (Å²) in [6.45, 7) is 9.31. The Morgan fingerprint density at radius 2 is 2.12 bits per heavy atom. The van der Waals surface area contributed by atoms with E-state index >= 15 is 0 Å². The number of nitrogens with zero attached hydrogens (tertiary/aromatic N) is 2. The molecule has 0 aliphatic rings. The molecule has 90 valence electrons. The van der Waals surface area contributed by atoms with Gasteiger partial charge >= 0.3 is 0 Å². The van der Waals surface area contributed by atoms with Gasteiger partial charge in [0.25, 0.3) is 0 Å². The first-order chi connectivity index (χ1) is 7.69. The molecule has 0 radical (unpaired) electrons. The maximum absolute atomic E-state index is 5.75. The molecule has 2 N–H and O–H groups in total. The quantitative estimate of drug-likeness (QED) is 0.748. The van der Waals surface area contributed by atoms with Crippen LogP contribution in [0.1, 0.15) is 19.5 Å². The van der Waals surface area contributed by atoms with Gasteiger partial charge < -0.3 is 15.4 Å². The highest BCUT2D eigenvalue weighted by Gasteiger charge is 2.06. The third-order valence-electron chi connectivity index (χ3n) is 2.53. The summed E-state index contributed by atoms with van der Waals surface area (Å²) in [5, 5.41) is 0. The summed E-state index contributed by atoms with van der Waals surface area (Å²) < 4.78 is 5.35. The molecule has 0 spiro atoms. The number of hydrogen-bond acceptors (Lipinski definition) is 4. The Morgan fingerprint density at radius 3 is 2.69 bits per heavy atom. The molecule has 0 saturated carbocycles. The van der Waals surface area contributed by atoms with Gasteiger partial charge in [-0.15, -0.1) is 0 Å². The van der Waals surface area contributed by atoms with E-state index in [1.54, 1.807) is 0 Å². The predicted molar refractivity (Wildman–Crippen MR) is 67.8 cm³/mol. The van der Waals surface area contributed by atoms with Gasteiger partial charge in [0.1, 0.15) is 5.82 Å². The van der Waals surface area contributed by atoms with Gasteiger partial charge in [0.2, 0.25) is 0 Å². The molecule has 0 bridgehead atoms. The highest BCUT2D eigenvalue weighted by atomic mass is 16.5. The van der Waals surface area contributed by atoms with Crippen LogP contribution in [0.2, 0.25) is 0 Å². The lowest BCUT2D eigenvalue weighted by Gasteiger charge is -2.22. The maximum atomic E-state index is 5.75. The van der Waals surface area contributed by atoms with Gasteiger partial charge in [-0.3, -0.25) is 0 Å². The number of nitrogens with two attached hydrogens (primary N) is 1. The second-order valence-corrected chi connectivity index (χ2v) is 3.62. The van der Waals surface area contributed by atoms with E-state index in [4.69, 9.17) is 10.5 Å². The summed E-state index contributed by atoms with van der Waals surface area (Å²) in [5.41, 5.74) is 7.37. The fourth-order valence-electron chi connectivity index (χ4n) is 1.49. The molecule has 0 amide bonds. The number of likely N-dealkylation sites (N-methyl/N-ethyl adjacent to an activating group) is 1. The van der Waals surface area contributed by atoms with Crippen LogP contribution in [0.15, 0.2) is 12.1 Å². The summed E-state index contributed by atoms with van der Waals surface area (Å²) in [7, 11) is 0. The number of anilines is 2.